The van der Waals surface area contributed by atoms with Crippen molar-refractivity contribution >= 4 is 16.9 Å². The fraction of sp³-hybridized carbons (Fsp3) is 0.571. The minimum Gasteiger partial charge on any atom is -0.395 e. The van der Waals surface area contributed by atoms with Crippen LogP contribution in [0.4, 0.5) is 5.82 Å². The highest BCUT2D eigenvalue weighted by Gasteiger charge is 2.15. The van der Waals surface area contributed by atoms with Crippen LogP contribution < -0.4 is 5.32 Å². The van der Waals surface area contributed by atoms with Crippen LogP contribution in [0.5, 0.6) is 0 Å². The van der Waals surface area contributed by atoms with E-state index in [1.165, 1.54) is 5.56 Å². The average molecular weight is 262 g/mol. The number of fused-ring (bicyclic) bond motifs is 1. The van der Waals surface area contributed by atoms with Gasteiger partial charge in [0.05, 0.1) is 12.0 Å². The van der Waals surface area contributed by atoms with Gasteiger partial charge in [-0.25, -0.2) is 9.97 Å². The Morgan fingerprint density at radius 2 is 2.05 bits per heavy atom. The van der Waals surface area contributed by atoms with Crippen molar-refractivity contribution in [2.75, 3.05) is 18.5 Å². The quantitative estimate of drug-likeness (QED) is 0.866. The molecule has 2 rings (SSSR count). The fourth-order valence-electron chi connectivity index (χ4n) is 2.28. The number of rotatable bonds is 5. The highest BCUT2D eigenvalue weighted by molar-refractivity contribution is 5.91. The molecule has 104 valence electrons. The van der Waals surface area contributed by atoms with E-state index in [9.17, 15) is 5.11 Å². The third kappa shape index (κ3) is 2.56. The number of aryl methyl sites for hydroxylation is 1. The van der Waals surface area contributed by atoms with Crippen molar-refractivity contribution in [3.63, 3.8) is 0 Å². The van der Waals surface area contributed by atoms with E-state index in [2.05, 4.69) is 43.0 Å². The number of aromatic nitrogens is 3. The third-order valence-electron chi connectivity index (χ3n) is 3.41. The molecule has 0 radical (unpaired) electrons. The summed E-state index contributed by atoms with van der Waals surface area (Å²) in [5.74, 6) is 1.45. The van der Waals surface area contributed by atoms with Crippen LogP contribution >= 0.6 is 0 Å². The van der Waals surface area contributed by atoms with Crippen molar-refractivity contribution in [2.45, 2.75) is 34.2 Å². The fourth-order valence-corrected chi connectivity index (χ4v) is 2.28. The Morgan fingerprint density at radius 3 is 2.68 bits per heavy atom. The van der Waals surface area contributed by atoms with Gasteiger partial charge in [0, 0.05) is 18.8 Å². The van der Waals surface area contributed by atoms with Crippen LogP contribution in [0.3, 0.4) is 0 Å². The van der Waals surface area contributed by atoms with Gasteiger partial charge >= 0.3 is 0 Å². The number of hydrogen-bond acceptors (Lipinski definition) is 4. The van der Waals surface area contributed by atoms with E-state index >= 15 is 0 Å². The molecule has 19 heavy (non-hydrogen) atoms. The predicted octanol–water partition coefficient (Wildman–Crippen LogP) is 2.11. The van der Waals surface area contributed by atoms with Crippen LogP contribution in [0.15, 0.2) is 6.33 Å². The summed E-state index contributed by atoms with van der Waals surface area (Å²) in [4.78, 5) is 8.73. The van der Waals surface area contributed by atoms with Crippen LogP contribution in [0.1, 0.15) is 25.1 Å². The van der Waals surface area contributed by atoms with Crippen molar-refractivity contribution < 1.29 is 5.11 Å². The van der Waals surface area contributed by atoms with Gasteiger partial charge in [-0.1, -0.05) is 13.8 Å². The maximum Gasteiger partial charge on any atom is 0.146 e. The molecule has 0 atom stereocenters. The summed E-state index contributed by atoms with van der Waals surface area (Å²) in [5.41, 5.74) is 3.21. The van der Waals surface area contributed by atoms with Gasteiger partial charge in [-0.3, -0.25) is 0 Å². The van der Waals surface area contributed by atoms with Gasteiger partial charge in [0.1, 0.15) is 17.8 Å². The highest BCUT2D eigenvalue weighted by Crippen LogP contribution is 2.28. The van der Waals surface area contributed by atoms with Crippen LogP contribution in [0, 0.1) is 19.8 Å². The second-order valence-electron chi connectivity index (χ2n) is 5.28. The summed E-state index contributed by atoms with van der Waals surface area (Å²) in [7, 11) is 0. The molecule has 5 nitrogen and oxygen atoms in total. The zero-order valence-corrected chi connectivity index (χ0v) is 12.1. The van der Waals surface area contributed by atoms with Gasteiger partial charge in [-0.05, 0) is 25.3 Å². The van der Waals surface area contributed by atoms with Gasteiger partial charge in [0.2, 0.25) is 0 Å². The first-order chi connectivity index (χ1) is 9.06. The molecule has 0 saturated heterocycles. The Hall–Kier alpha value is -1.62. The van der Waals surface area contributed by atoms with Gasteiger partial charge in [-0.2, -0.15) is 0 Å². The molecule has 0 fully saturated rings. The average Bonchev–Trinajstić information content (AvgIpc) is 2.62. The maximum atomic E-state index is 9.18. The van der Waals surface area contributed by atoms with Crippen molar-refractivity contribution in [3.05, 3.63) is 17.6 Å². The van der Waals surface area contributed by atoms with Gasteiger partial charge in [0.25, 0.3) is 0 Å². The molecule has 2 heterocycles. The second kappa shape index (κ2) is 5.57. The first-order valence-corrected chi connectivity index (χ1v) is 6.71. The lowest BCUT2D eigenvalue weighted by Gasteiger charge is -2.09. The summed E-state index contributed by atoms with van der Waals surface area (Å²) < 4.78 is 2.05. The van der Waals surface area contributed by atoms with Gasteiger partial charge in [0.15, 0.2) is 0 Å². The number of nitrogens with zero attached hydrogens (tertiary/aromatic N) is 3. The van der Waals surface area contributed by atoms with Crippen LogP contribution in [-0.4, -0.2) is 32.8 Å². The SMILES string of the molecule is Cc1c(C)n(CCO)c2ncnc(NCC(C)C)c12. The van der Waals surface area contributed by atoms with Gasteiger partial charge in [-0.15, -0.1) is 0 Å². The minimum atomic E-state index is 0.114. The number of aliphatic hydroxyl groups excluding tert-OH is 1. The molecule has 0 amide bonds. The zero-order chi connectivity index (χ0) is 14.0. The number of aliphatic hydroxyl groups is 1. The summed E-state index contributed by atoms with van der Waals surface area (Å²) in [6, 6.07) is 0. The number of anilines is 1. The van der Waals surface area contributed by atoms with E-state index in [1.54, 1.807) is 6.33 Å². The molecule has 0 unspecified atom stereocenters. The van der Waals surface area contributed by atoms with E-state index in [4.69, 9.17) is 0 Å². The lowest BCUT2D eigenvalue weighted by Crippen LogP contribution is -2.10. The van der Waals surface area contributed by atoms with Crippen molar-refractivity contribution in [1.29, 1.82) is 0 Å². The normalized spacial score (nSPS) is 11.5. The third-order valence-corrected chi connectivity index (χ3v) is 3.41. The summed E-state index contributed by atoms with van der Waals surface area (Å²) in [6.45, 7) is 10.0. The number of nitrogens with one attached hydrogen (secondary N) is 1. The van der Waals surface area contributed by atoms with Crippen molar-refractivity contribution in [1.82, 2.24) is 14.5 Å². The Bertz CT molecular complexity index is 574. The van der Waals surface area contributed by atoms with Crippen molar-refractivity contribution in [2.24, 2.45) is 5.92 Å². The molecule has 0 aliphatic rings. The molecule has 5 heteroatoms. The Labute approximate surface area is 113 Å². The van der Waals surface area contributed by atoms with E-state index in [-0.39, 0.29) is 6.61 Å². The minimum absolute atomic E-state index is 0.114. The van der Waals surface area contributed by atoms with E-state index in [0.717, 1.165) is 29.1 Å². The van der Waals surface area contributed by atoms with E-state index in [1.807, 2.05) is 4.57 Å². The first kappa shape index (κ1) is 13.8. The Balaban J connectivity index is 2.52. The Kier molecular flexibility index (Phi) is 4.04. The highest BCUT2D eigenvalue weighted by atomic mass is 16.3. The molecule has 0 bridgehead atoms. The predicted molar refractivity (Wildman–Crippen MR) is 77.4 cm³/mol. The summed E-state index contributed by atoms with van der Waals surface area (Å²) >= 11 is 0. The molecule has 2 aromatic heterocycles. The topological polar surface area (TPSA) is 63.0 Å². The monoisotopic (exact) mass is 262 g/mol. The standard InChI is InChI=1S/C14H22N4O/c1-9(2)7-15-13-12-10(3)11(4)18(5-6-19)14(12)17-8-16-13/h8-9,19H,5-7H2,1-4H3,(H,15,16,17). The largest absolute Gasteiger partial charge is 0.395 e. The molecular formula is C14H22N4O. The maximum absolute atomic E-state index is 9.18. The Morgan fingerprint density at radius 1 is 1.32 bits per heavy atom. The molecular weight excluding hydrogens is 240 g/mol. The molecule has 2 N–H and O–H groups in total. The summed E-state index contributed by atoms with van der Waals surface area (Å²) in [5, 5.41) is 13.6. The van der Waals surface area contributed by atoms with E-state index < -0.39 is 0 Å². The lowest BCUT2D eigenvalue weighted by atomic mass is 10.2. The van der Waals surface area contributed by atoms with E-state index in [0.29, 0.717) is 12.5 Å². The molecule has 0 aliphatic carbocycles. The summed E-state index contributed by atoms with van der Waals surface area (Å²) in [6.07, 6.45) is 1.58. The zero-order valence-electron chi connectivity index (χ0n) is 12.1. The molecule has 2 aromatic rings. The molecule has 0 aliphatic heterocycles. The molecule has 0 saturated carbocycles. The smallest absolute Gasteiger partial charge is 0.146 e. The number of hydrogen-bond donors (Lipinski definition) is 2. The van der Waals surface area contributed by atoms with Crippen LogP contribution in [0.2, 0.25) is 0 Å². The van der Waals surface area contributed by atoms with Crippen LogP contribution in [0.25, 0.3) is 11.0 Å². The molecule has 0 spiro atoms. The molecule has 0 aromatic carbocycles. The first-order valence-electron chi connectivity index (χ1n) is 6.71. The van der Waals surface area contributed by atoms with Gasteiger partial charge < -0.3 is 15.0 Å². The van der Waals surface area contributed by atoms with Crippen molar-refractivity contribution in [3.8, 4) is 0 Å². The van der Waals surface area contributed by atoms with Crippen LogP contribution in [-0.2, 0) is 6.54 Å². The second-order valence-corrected chi connectivity index (χ2v) is 5.28. The lowest BCUT2D eigenvalue weighted by molar-refractivity contribution is 0.276.